The van der Waals surface area contributed by atoms with Crippen LogP contribution in [0.2, 0.25) is 0 Å². The van der Waals surface area contributed by atoms with Crippen LogP contribution in [0.25, 0.3) is 0 Å². The highest BCUT2D eigenvalue weighted by molar-refractivity contribution is 7.89. The summed E-state index contributed by atoms with van der Waals surface area (Å²) in [5.74, 6) is 0.0402. The maximum atomic E-state index is 12.3. The second-order valence-electron chi connectivity index (χ2n) is 4.46. The molecule has 1 fully saturated rings. The molecule has 1 aromatic carbocycles. The normalized spacial score (nSPS) is 17.2. The molecule has 1 aromatic rings. The zero-order valence-electron chi connectivity index (χ0n) is 10.00. The average Bonchev–Trinajstić information content (AvgIpc) is 2.26. The molecule has 0 bridgehead atoms. The van der Waals surface area contributed by atoms with Crippen molar-refractivity contribution in [2.75, 3.05) is 19.7 Å². The lowest BCUT2D eigenvalue weighted by atomic mass is 10.1. The van der Waals surface area contributed by atoms with E-state index in [2.05, 4.69) is 0 Å². The number of aliphatic hydroxyl groups is 1. The van der Waals surface area contributed by atoms with Crippen LogP contribution in [0.4, 0.5) is 0 Å². The average molecular weight is 266 g/mol. The zero-order valence-corrected chi connectivity index (χ0v) is 10.8. The topological polar surface area (TPSA) is 81.4 Å². The Labute approximate surface area is 106 Å². The number of aryl methyl sites for hydroxylation is 1. The molecule has 1 aliphatic rings. The summed E-state index contributed by atoms with van der Waals surface area (Å²) >= 11 is 0. The van der Waals surface area contributed by atoms with E-state index >= 15 is 0 Å². The number of nitriles is 1. The minimum Gasteiger partial charge on any atom is -0.396 e. The van der Waals surface area contributed by atoms with Gasteiger partial charge in [-0.15, -0.1) is 0 Å². The fourth-order valence-corrected chi connectivity index (χ4v) is 3.78. The van der Waals surface area contributed by atoms with E-state index in [1.54, 1.807) is 13.0 Å². The summed E-state index contributed by atoms with van der Waals surface area (Å²) in [6.07, 6.45) is 0. The molecule has 18 heavy (non-hydrogen) atoms. The van der Waals surface area contributed by atoms with Gasteiger partial charge in [0, 0.05) is 25.6 Å². The number of nitrogens with zero attached hydrogens (tertiary/aromatic N) is 2. The van der Waals surface area contributed by atoms with Gasteiger partial charge >= 0.3 is 0 Å². The molecular formula is C12H14N2O3S. The first-order valence-electron chi connectivity index (χ1n) is 5.61. The van der Waals surface area contributed by atoms with Crippen molar-refractivity contribution in [2.45, 2.75) is 11.8 Å². The highest BCUT2D eigenvalue weighted by Gasteiger charge is 2.36. The van der Waals surface area contributed by atoms with E-state index in [0.29, 0.717) is 24.2 Å². The smallest absolute Gasteiger partial charge is 0.243 e. The molecule has 0 saturated carbocycles. The highest BCUT2D eigenvalue weighted by Crippen LogP contribution is 2.27. The molecule has 1 aliphatic heterocycles. The number of rotatable bonds is 3. The Morgan fingerprint density at radius 3 is 2.67 bits per heavy atom. The lowest BCUT2D eigenvalue weighted by Gasteiger charge is -2.37. The van der Waals surface area contributed by atoms with Crippen molar-refractivity contribution in [1.29, 1.82) is 5.26 Å². The molecule has 0 atom stereocenters. The fraction of sp³-hybridized carbons (Fsp3) is 0.417. The van der Waals surface area contributed by atoms with Gasteiger partial charge in [0.2, 0.25) is 10.0 Å². The van der Waals surface area contributed by atoms with Gasteiger partial charge in [-0.3, -0.25) is 0 Å². The summed E-state index contributed by atoms with van der Waals surface area (Å²) < 4.78 is 25.9. The predicted octanol–water partition coefficient (Wildman–Crippen LogP) is 0.480. The zero-order chi connectivity index (χ0) is 13.3. The van der Waals surface area contributed by atoms with E-state index in [4.69, 9.17) is 10.4 Å². The van der Waals surface area contributed by atoms with Gasteiger partial charge in [-0.2, -0.15) is 9.57 Å². The van der Waals surface area contributed by atoms with Gasteiger partial charge in [0.15, 0.2) is 0 Å². The second-order valence-corrected chi connectivity index (χ2v) is 6.37. The van der Waals surface area contributed by atoms with Crippen molar-refractivity contribution in [3.8, 4) is 6.07 Å². The van der Waals surface area contributed by atoms with Crippen LogP contribution in [0, 0.1) is 24.2 Å². The Kier molecular flexibility index (Phi) is 3.39. The third-order valence-electron chi connectivity index (χ3n) is 3.10. The standard InChI is InChI=1S/C12H14N2O3S/c1-9-4-10(5-13)2-3-12(9)18(16,17)14-6-11(7-14)8-15/h2-4,11,15H,6-8H2,1H3. The Hall–Kier alpha value is -1.42. The molecule has 6 heteroatoms. The van der Waals surface area contributed by atoms with Crippen molar-refractivity contribution in [3.63, 3.8) is 0 Å². The van der Waals surface area contributed by atoms with Gasteiger partial charge in [-0.25, -0.2) is 8.42 Å². The van der Waals surface area contributed by atoms with Crippen LogP contribution in [0.3, 0.4) is 0 Å². The van der Waals surface area contributed by atoms with Gasteiger partial charge < -0.3 is 5.11 Å². The van der Waals surface area contributed by atoms with Crippen LogP contribution in [0.1, 0.15) is 11.1 Å². The van der Waals surface area contributed by atoms with Crippen LogP contribution in [-0.4, -0.2) is 37.5 Å². The highest BCUT2D eigenvalue weighted by atomic mass is 32.2. The molecule has 2 rings (SSSR count). The van der Waals surface area contributed by atoms with Gasteiger partial charge in [-0.05, 0) is 30.7 Å². The van der Waals surface area contributed by atoms with Crippen LogP contribution < -0.4 is 0 Å². The SMILES string of the molecule is Cc1cc(C#N)ccc1S(=O)(=O)N1CC(CO)C1. The summed E-state index contributed by atoms with van der Waals surface area (Å²) in [5.41, 5.74) is 1.02. The molecule has 0 aliphatic carbocycles. The third-order valence-corrected chi connectivity index (χ3v) is 5.10. The third kappa shape index (κ3) is 2.12. The van der Waals surface area contributed by atoms with E-state index < -0.39 is 10.0 Å². The predicted molar refractivity (Wildman–Crippen MR) is 65.2 cm³/mol. The first-order chi connectivity index (χ1) is 8.48. The Balaban J connectivity index is 2.29. The minimum atomic E-state index is -3.49. The molecule has 1 saturated heterocycles. The summed E-state index contributed by atoms with van der Waals surface area (Å²) in [7, 11) is -3.49. The van der Waals surface area contributed by atoms with Gasteiger partial charge in [0.1, 0.15) is 0 Å². The number of benzene rings is 1. The lowest BCUT2D eigenvalue weighted by Crippen LogP contribution is -2.51. The quantitative estimate of drug-likeness (QED) is 0.862. The second kappa shape index (κ2) is 4.69. The van der Waals surface area contributed by atoms with E-state index in [1.807, 2.05) is 6.07 Å². The lowest BCUT2D eigenvalue weighted by molar-refractivity contribution is 0.117. The van der Waals surface area contributed by atoms with Gasteiger partial charge in [-0.1, -0.05) is 0 Å². The van der Waals surface area contributed by atoms with Crippen LogP contribution in [-0.2, 0) is 10.0 Å². The van der Waals surface area contributed by atoms with Crippen molar-refractivity contribution in [3.05, 3.63) is 29.3 Å². The van der Waals surface area contributed by atoms with Crippen molar-refractivity contribution in [2.24, 2.45) is 5.92 Å². The van der Waals surface area contributed by atoms with Gasteiger partial charge in [0.25, 0.3) is 0 Å². The molecular weight excluding hydrogens is 252 g/mol. The van der Waals surface area contributed by atoms with E-state index in [0.717, 1.165) is 0 Å². The van der Waals surface area contributed by atoms with Crippen molar-refractivity contribution < 1.29 is 13.5 Å². The first-order valence-corrected chi connectivity index (χ1v) is 7.05. The minimum absolute atomic E-state index is 0.0123. The Morgan fingerprint density at radius 1 is 1.50 bits per heavy atom. The number of hydrogen-bond acceptors (Lipinski definition) is 4. The molecule has 96 valence electrons. The summed E-state index contributed by atoms with van der Waals surface area (Å²) in [4.78, 5) is 0.234. The molecule has 1 heterocycles. The van der Waals surface area contributed by atoms with Crippen LogP contribution in [0.5, 0.6) is 0 Å². The van der Waals surface area contributed by atoms with Crippen LogP contribution in [0.15, 0.2) is 23.1 Å². The number of sulfonamides is 1. The maximum Gasteiger partial charge on any atom is 0.243 e. The molecule has 0 amide bonds. The maximum absolute atomic E-state index is 12.3. The number of hydrogen-bond donors (Lipinski definition) is 1. The fourth-order valence-electron chi connectivity index (χ4n) is 1.98. The Morgan fingerprint density at radius 2 is 2.17 bits per heavy atom. The largest absolute Gasteiger partial charge is 0.396 e. The van der Waals surface area contributed by atoms with Crippen molar-refractivity contribution in [1.82, 2.24) is 4.31 Å². The molecule has 0 aromatic heterocycles. The number of aliphatic hydroxyl groups excluding tert-OH is 1. The summed E-state index contributed by atoms with van der Waals surface area (Å²) in [5, 5.41) is 17.7. The molecule has 0 radical (unpaired) electrons. The summed E-state index contributed by atoms with van der Waals surface area (Å²) in [6, 6.07) is 6.51. The monoisotopic (exact) mass is 266 g/mol. The first kappa shape index (κ1) is 13.0. The van der Waals surface area contributed by atoms with E-state index in [9.17, 15) is 8.42 Å². The molecule has 0 spiro atoms. The summed E-state index contributed by atoms with van der Waals surface area (Å²) in [6.45, 7) is 2.41. The molecule has 5 nitrogen and oxygen atoms in total. The van der Waals surface area contributed by atoms with Gasteiger partial charge in [0.05, 0.1) is 16.5 Å². The van der Waals surface area contributed by atoms with E-state index in [-0.39, 0.29) is 17.4 Å². The molecule has 0 unspecified atom stereocenters. The van der Waals surface area contributed by atoms with Crippen molar-refractivity contribution >= 4 is 10.0 Å². The Bertz CT molecular complexity index is 598. The van der Waals surface area contributed by atoms with Crippen LogP contribution >= 0.6 is 0 Å². The van der Waals surface area contributed by atoms with E-state index in [1.165, 1.54) is 16.4 Å². The molecule has 1 N–H and O–H groups in total.